The monoisotopic (exact) mass is 223 g/mol. The third-order valence-corrected chi connectivity index (χ3v) is 2.04. The summed E-state index contributed by atoms with van der Waals surface area (Å²) in [6, 6.07) is 2.82. The molecule has 16 heavy (non-hydrogen) atoms. The van der Waals surface area contributed by atoms with E-state index in [2.05, 4.69) is 10.3 Å². The van der Waals surface area contributed by atoms with Gasteiger partial charge >= 0.3 is 5.97 Å². The third kappa shape index (κ3) is 2.94. The molecular formula is C10H13N3O3. The topological polar surface area (TPSA) is 82.5 Å². The number of carboxylic acids is 1. The standard InChI is InChI=1S/C10H13N3O3/c1-11-9(14)6-13(2)8-5-7(10(15)16)3-4-12-8/h3-5H,6H2,1-2H3,(H,11,14)(H,15,16). The van der Waals surface area contributed by atoms with Crippen LogP contribution in [0, 0.1) is 0 Å². The van der Waals surface area contributed by atoms with Gasteiger partial charge in [0.15, 0.2) is 0 Å². The van der Waals surface area contributed by atoms with Crippen LogP contribution in [-0.2, 0) is 4.79 Å². The fourth-order valence-electron chi connectivity index (χ4n) is 1.14. The Morgan fingerprint density at radius 1 is 1.56 bits per heavy atom. The molecule has 1 rings (SSSR count). The Kier molecular flexibility index (Phi) is 3.82. The molecule has 6 nitrogen and oxygen atoms in total. The Bertz CT molecular complexity index is 406. The second-order valence-electron chi connectivity index (χ2n) is 3.24. The minimum Gasteiger partial charge on any atom is -0.478 e. The van der Waals surface area contributed by atoms with Crippen LogP contribution in [0.15, 0.2) is 18.3 Å². The Balaban J connectivity index is 2.83. The molecule has 0 saturated heterocycles. The summed E-state index contributed by atoms with van der Waals surface area (Å²) in [4.78, 5) is 27.4. The van der Waals surface area contributed by atoms with Crippen LogP contribution in [0.5, 0.6) is 0 Å². The molecule has 6 heteroatoms. The maximum absolute atomic E-state index is 11.1. The average Bonchev–Trinajstić information content (AvgIpc) is 2.28. The number of carboxylic acid groups (broad SMARTS) is 1. The molecule has 0 spiro atoms. The number of amides is 1. The van der Waals surface area contributed by atoms with E-state index < -0.39 is 5.97 Å². The molecule has 2 N–H and O–H groups in total. The van der Waals surface area contributed by atoms with E-state index in [-0.39, 0.29) is 18.0 Å². The van der Waals surface area contributed by atoms with E-state index in [1.807, 2.05) is 0 Å². The van der Waals surface area contributed by atoms with Crippen molar-refractivity contribution >= 4 is 17.7 Å². The highest BCUT2D eigenvalue weighted by Crippen LogP contribution is 2.10. The Morgan fingerprint density at radius 3 is 2.81 bits per heavy atom. The van der Waals surface area contributed by atoms with Crippen LogP contribution in [0.1, 0.15) is 10.4 Å². The van der Waals surface area contributed by atoms with Gasteiger partial charge in [-0.1, -0.05) is 0 Å². The molecule has 0 bridgehead atoms. The molecule has 0 fully saturated rings. The fourth-order valence-corrected chi connectivity index (χ4v) is 1.14. The van der Waals surface area contributed by atoms with Crippen molar-refractivity contribution in [3.63, 3.8) is 0 Å². The van der Waals surface area contributed by atoms with Gasteiger partial charge in [-0.25, -0.2) is 9.78 Å². The number of anilines is 1. The lowest BCUT2D eigenvalue weighted by atomic mass is 10.2. The van der Waals surface area contributed by atoms with E-state index in [1.165, 1.54) is 25.4 Å². The van der Waals surface area contributed by atoms with Crippen LogP contribution in [0.4, 0.5) is 5.82 Å². The number of aromatic carboxylic acids is 1. The highest BCUT2D eigenvalue weighted by Gasteiger charge is 2.09. The van der Waals surface area contributed by atoms with Crippen molar-refractivity contribution in [1.82, 2.24) is 10.3 Å². The van der Waals surface area contributed by atoms with E-state index in [0.717, 1.165) is 0 Å². The average molecular weight is 223 g/mol. The lowest BCUT2D eigenvalue weighted by Gasteiger charge is -2.16. The van der Waals surface area contributed by atoms with Gasteiger partial charge in [0, 0.05) is 20.3 Å². The minimum atomic E-state index is -1.02. The number of carbonyl (C=O) groups excluding carboxylic acids is 1. The minimum absolute atomic E-state index is 0.132. The van der Waals surface area contributed by atoms with Crippen LogP contribution in [0.3, 0.4) is 0 Å². The van der Waals surface area contributed by atoms with Crippen molar-refractivity contribution in [3.05, 3.63) is 23.9 Å². The molecule has 1 aromatic rings. The maximum atomic E-state index is 11.1. The van der Waals surface area contributed by atoms with E-state index in [0.29, 0.717) is 5.82 Å². The molecular weight excluding hydrogens is 210 g/mol. The first-order valence-electron chi connectivity index (χ1n) is 4.65. The zero-order valence-electron chi connectivity index (χ0n) is 9.10. The largest absolute Gasteiger partial charge is 0.478 e. The van der Waals surface area contributed by atoms with Gasteiger partial charge in [0.05, 0.1) is 12.1 Å². The predicted octanol–water partition coefficient (Wildman–Crippen LogP) is -0.0380. The summed E-state index contributed by atoms with van der Waals surface area (Å²) in [5.74, 6) is -0.731. The van der Waals surface area contributed by atoms with Gasteiger partial charge in [-0.3, -0.25) is 4.79 Å². The summed E-state index contributed by atoms with van der Waals surface area (Å²) >= 11 is 0. The van der Waals surface area contributed by atoms with E-state index in [1.54, 1.807) is 11.9 Å². The van der Waals surface area contributed by atoms with Gasteiger partial charge < -0.3 is 15.3 Å². The van der Waals surface area contributed by atoms with Crippen molar-refractivity contribution in [3.8, 4) is 0 Å². The Hall–Kier alpha value is -2.11. The third-order valence-electron chi connectivity index (χ3n) is 2.04. The first kappa shape index (κ1) is 12.0. The zero-order chi connectivity index (χ0) is 12.1. The summed E-state index contributed by atoms with van der Waals surface area (Å²) in [7, 11) is 3.21. The van der Waals surface area contributed by atoms with Crippen molar-refractivity contribution < 1.29 is 14.7 Å². The number of likely N-dealkylation sites (N-methyl/N-ethyl adjacent to an activating group) is 2. The maximum Gasteiger partial charge on any atom is 0.335 e. The summed E-state index contributed by atoms with van der Waals surface area (Å²) in [5.41, 5.74) is 0.147. The Morgan fingerprint density at radius 2 is 2.25 bits per heavy atom. The molecule has 0 aliphatic carbocycles. The molecule has 0 aliphatic heterocycles. The smallest absolute Gasteiger partial charge is 0.335 e. The van der Waals surface area contributed by atoms with E-state index in [4.69, 9.17) is 5.11 Å². The molecule has 0 aromatic carbocycles. The first-order valence-corrected chi connectivity index (χ1v) is 4.65. The fraction of sp³-hybridized carbons (Fsp3) is 0.300. The van der Waals surface area contributed by atoms with Crippen molar-refractivity contribution in [2.24, 2.45) is 0 Å². The van der Waals surface area contributed by atoms with Gasteiger partial charge in [0.2, 0.25) is 5.91 Å². The van der Waals surface area contributed by atoms with Crippen LogP contribution in [0.2, 0.25) is 0 Å². The quantitative estimate of drug-likeness (QED) is 0.748. The second kappa shape index (κ2) is 5.11. The van der Waals surface area contributed by atoms with Crippen LogP contribution < -0.4 is 10.2 Å². The lowest BCUT2D eigenvalue weighted by Crippen LogP contribution is -2.33. The lowest BCUT2D eigenvalue weighted by molar-refractivity contribution is -0.119. The van der Waals surface area contributed by atoms with Crippen molar-refractivity contribution in [1.29, 1.82) is 0 Å². The van der Waals surface area contributed by atoms with Gasteiger partial charge in [0.25, 0.3) is 0 Å². The number of hydrogen-bond acceptors (Lipinski definition) is 4. The molecule has 0 atom stereocenters. The molecule has 1 amide bonds. The molecule has 0 radical (unpaired) electrons. The van der Waals surface area contributed by atoms with Crippen LogP contribution >= 0.6 is 0 Å². The molecule has 86 valence electrons. The first-order chi connectivity index (χ1) is 7.54. The van der Waals surface area contributed by atoms with Gasteiger partial charge in [-0.15, -0.1) is 0 Å². The van der Waals surface area contributed by atoms with E-state index >= 15 is 0 Å². The summed E-state index contributed by atoms with van der Waals surface area (Å²) < 4.78 is 0. The number of aromatic nitrogens is 1. The molecule has 1 heterocycles. The van der Waals surface area contributed by atoms with Crippen molar-refractivity contribution in [2.75, 3.05) is 25.5 Å². The number of nitrogens with zero attached hydrogens (tertiary/aromatic N) is 2. The number of rotatable bonds is 4. The normalized spacial score (nSPS) is 9.62. The van der Waals surface area contributed by atoms with E-state index in [9.17, 15) is 9.59 Å². The Labute approximate surface area is 92.9 Å². The number of pyridine rings is 1. The van der Waals surface area contributed by atoms with Crippen LogP contribution in [0.25, 0.3) is 0 Å². The van der Waals surface area contributed by atoms with Gasteiger partial charge in [0.1, 0.15) is 5.82 Å². The molecule has 0 aliphatic rings. The van der Waals surface area contributed by atoms with Crippen molar-refractivity contribution in [2.45, 2.75) is 0 Å². The number of nitrogens with one attached hydrogen (secondary N) is 1. The van der Waals surface area contributed by atoms with Crippen LogP contribution in [-0.4, -0.2) is 42.6 Å². The summed E-state index contributed by atoms with van der Waals surface area (Å²) in [6.45, 7) is 0.132. The second-order valence-corrected chi connectivity index (χ2v) is 3.24. The summed E-state index contributed by atoms with van der Waals surface area (Å²) in [5, 5.41) is 11.3. The molecule has 1 aromatic heterocycles. The molecule has 0 unspecified atom stereocenters. The summed E-state index contributed by atoms with van der Waals surface area (Å²) in [6.07, 6.45) is 1.40. The highest BCUT2D eigenvalue weighted by atomic mass is 16.4. The number of carbonyl (C=O) groups is 2. The SMILES string of the molecule is CNC(=O)CN(C)c1cc(C(=O)O)ccn1. The zero-order valence-corrected chi connectivity index (χ0v) is 9.10. The molecule has 0 saturated carbocycles. The predicted molar refractivity (Wildman–Crippen MR) is 58.5 cm³/mol. The van der Waals surface area contributed by atoms with Gasteiger partial charge in [-0.05, 0) is 12.1 Å². The number of hydrogen-bond donors (Lipinski definition) is 2. The highest BCUT2D eigenvalue weighted by molar-refractivity contribution is 5.88. The van der Waals surface area contributed by atoms with Gasteiger partial charge in [-0.2, -0.15) is 0 Å².